The Hall–Kier alpha value is -0.870. The molecule has 1 rings (SSSR count). The maximum atomic E-state index is 5.95. The zero-order valence-electron chi connectivity index (χ0n) is 14.0. The number of hydrogen-bond donors (Lipinski definition) is 1. The summed E-state index contributed by atoms with van der Waals surface area (Å²) in [6, 6.07) is 2.52. The molecule has 1 unspecified atom stereocenters. The second-order valence-electron chi connectivity index (χ2n) is 6.37. The fourth-order valence-electron chi connectivity index (χ4n) is 2.18. The summed E-state index contributed by atoms with van der Waals surface area (Å²) in [7, 11) is 0. The van der Waals surface area contributed by atoms with Crippen molar-refractivity contribution in [3.05, 3.63) is 17.5 Å². The Bertz CT molecular complexity index is 393. The maximum absolute atomic E-state index is 5.95. The predicted molar refractivity (Wildman–Crippen MR) is 84.1 cm³/mol. The van der Waals surface area contributed by atoms with Crippen molar-refractivity contribution in [3.63, 3.8) is 0 Å². The lowest BCUT2D eigenvalue weighted by molar-refractivity contribution is -0.0145. The van der Waals surface area contributed by atoms with E-state index in [1.807, 2.05) is 0 Å². The van der Waals surface area contributed by atoms with Crippen LogP contribution < -0.4 is 5.32 Å². The molecule has 0 radical (unpaired) electrons. The number of hydrogen-bond acceptors (Lipinski definition) is 3. The molecule has 0 aliphatic carbocycles. The van der Waals surface area contributed by atoms with Crippen LogP contribution in [0.4, 0.5) is 0 Å². The van der Waals surface area contributed by atoms with Gasteiger partial charge in [-0.2, -0.15) is 5.10 Å². The summed E-state index contributed by atoms with van der Waals surface area (Å²) in [5.74, 6) is 0. The SMILES string of the molecule is CCCNC(COC(C)(C)C)Cc1cc(C)nn1CC. The smallest absolute Gasteiger partial charge is 0.0630 e. The van der Waals surface area contributed by atoms with E-state index in [0.29, 0.717) is 6.04 Å². The first-order chi connectivity index (χ1) is 9.35. The molecule has 0 spiro atoms. The first kappa shape index (κ1) is 17.2. The molecule has 1 atom stereocenters. The topological polar surface area (TPSA) is 39.1 Å². The van der Waals surface area contributed by atoms with E-state index in [1.54, 1.807) is 0 Å². The highest BCUT2D eigenvalue weighted by Crippen LogP contribution is 2.11. The third-order valence-corrected chi connectivity index (χ3v) is 3.14. The zero-order valence-corrected chi connectivity index (χ0v) is 14.0. The highest BCUT2D eigenvalue weighted by molar-refractivity contribution is 5.10. The quantitative estimate of drug-likeness (QED) is 0.796. The number of nitrogens with one attached hydrogen (secondary N) is 1. The molecule has 1 aromatic heterocycles. The van der Waals surface area contributed by atoms with Gasteiger partial charge in [0.25, 0.3) is 0 Å². The van der Waals surface area contributed by atoms with Crippen LogP contribution in [0.25, 0.3) is 0 Å². The molecule has 0 saturated heterocycles. The normalized spacial score (nSPS) is 13.7. The van der Waals surface area contributed by atoms with Crippen LogP contribution in [0.3, 0.4) is 0 Å². The molecule has 116 valence electrons. The van der Waals surface area contributed by atoms with Gasteiger partial charge in [-0.25, -0.2) is 0 Å². The van der Waals surface area contributed by atoms with Gasteiger partial charge in [0.15, 0.2) is 0 Å². The van der Waals surface area contributed by atoms with E-state index in [0.717, 1.165) is 38.2 Å². The molecule has 1 aromatic rings. The molecule has 0 aliphatic rings. The molecule has 0 amide bonds. The number of ether oxygens (including phenoxy) is 1. The average molecular weight is 281 g/mol. The van der Waals surface area contributed by atoms with Gasteiger partial charge in [0.2, 0.25) is 0 Å². The summed E-state index contributed by atoms with van der Waals surface area (Å²) in [5, 5.41) is 8.10. The molecule has 20 heavy (non-hydrogen) atoms. The Morgan fingerprint density at radius 3 is 2.60 bits per heavy atom. The predicted octanol–water partition coefficient (Wildman–Crippen LogP) is 2.94. The molecular weight excluding hydrogens is 250 g/mol. The lowest BCUT2D eigenvalue weighted by atomic mass is 10.1. The first-order valence-electron chi connectivity index (χ1n) is 7.76. The maximum Gasteiger partial charge on any atom is 0.0630 e. The first-order valence-corrected chi connectivity index (χ1v) is 7.76. The van der Waals surface area contributed by atoms with E-state index < -0.39 is 0 Å². The minimum Gasteiger partial charge on any atom is -0.374 e. The van der Waals surface area contributed by atoms with E-state index in [1.165, 1.54) is 5.69 Å². The molecule has 4 heteroatoms. The second kappa shape index (κ2) is 7.79. The van der Waals surface area contributed by atoms with Crippen LogP contribution in [-0.2, 0) is 17.7 Å². The lowest BCUT2D eigenvalue weighted by Crippen LogP contribution is -2.39. The molecule has 0 aromatic carbocycles. The minimum absolute atomic E-state index is 0.0902. The molecular formula is C16H31N3O. The third-order valence-electron chi connectivity index (χ3n) is 3.14. The number of aromatic nitrogens is 2. The van der Waals surface area contributed by atoms with Crippen molar-refractivity contribution in [2.24, 2.45) is 0 Å². The number of aryl methyl sites for hydroxylation is 2. The summed E-state index contributed by atoms with van der Waals surface area (Å²) in [6.45, 7) is 15.4. The van der Waals surface area contributed by atoms with Gasteiger partial charge in [-0.05, 0) is 53.7 Å². The van der Waals surface area contributed by atoms with Gasteiger partial charge in [-0.15, -0.1) is 0 Å². The van der Waals surface area contributed by atoms with Crippen molar-refractivity contribution in [2.45, 2.75) is 72.6 Å². The summed E-state index contributed by atoms with van der Waals surface area (Å²) < 4.78 is 8.04. The van der Waals surface area contributed by atoms with Crippen LogP contribution in [0.1, 0.15) is 52.4 Å². The van der Waals surface area contributed by atoms with E-state index in [-0.39, 0.29) is 5.60 Å². The van der Waals surface area contributed by atoms with Crippen LogP contribution in [0.5, 0.6) is 0 Å². The van der Waals surface area contributed by atoms with Crippen LogP contribution in [0.15, 0.2) is 6.07 Å². The lowest BCUT2D eigenvalue weighted by Gasteiger charge is -2.25. The molecule has 0 fully saturated rings. The van der Waals surface area contributed by atoms with Crippen LogP contribution in [0, 0.1) is 6.92 Å². The van der Waals surface area contributed by atoms with Crippen molar-refractivity contribution in [3.8, 4) is 0 Å². The summed E-state index contributed by atoms with van der Waals surface area (Å²) in [6.07, 6.45) is 2.10. The molecule has 0 saturated carbocycles. The minimum atomic E-state index is -0.0902. The average Bonchev–Trinajstić information content (AvgIpc) is 2.71. The number of nitrogens with zero attached hydrogens (tertiary/aromatic N) is 2. The van der Waals surface area contributed by atoms with Crippen molar-refractivity contribution in [2.75, 3.05) is 13.2 Å². The Morgan fingerprint density at radius 1 is 1.35 bits per heavy atom. The van der Waals surface area contributed by atoms with Gasteiger partial charge in [-0.3, -0.25) is 4.68 Å². The van der Waals surface area contributed by atoms with E-state index in [9.17, 15) is 0 Å². The zero-order chi connectivity index (χ0) is 15.2. The summed E-state index contributed by atoms with van der Waals surface area (Å²) in [4.78, 5) is 0. The molecule has 0 bridgehead atoms. The van der Waals surface area contributed by atoms with E-state index in [2.05, 4.69) is 62.7 Å². The third kappa shape index (κ3) is 6.06. The standard InChI is InChI=1S/C16H31N3O/c1-7-9-17-14(12-20-16(4,5)6)11-15-10-13(3)18-19(15)8-2/h10,14,17H,7-9,11-12H2,1-6H3. The van der Waals surface area contributed by atoms with Crippen LogP contribution >= 0.6 is 0 Å². The second-order valence-corrected chi connectivity index (χ2v) is 6.37. The molecule has 1 heterocycles. The van der Waals surface area contributed by atoms with E-state index >= 15 is 0 Å². The highest BCUT2D eigenvalue weighted by Gasteiger charge is 2.17. The Balaban J connectivity index is 2.67. The molecule has 4 nitrogen and oxygen atoms in total. The fourth-order valence-corrected chi connectivity index (χ4v) is 2.18. The highest BCUT2D eigenvalue weighted by atomic mass is 16.5. The van der Waals surface area contributed by atoms with Crippen molar-refractivity contribution < 1.29 is 4.74 Å². The van der Waals surface area contributed by atoms with Gasteiger partial charge < -0.3 is 10.1 Å². The van der Waals surface area contributed by atoms with Crippen LogP contribution in [-0.4, -0.2) is 34.6 Å². The van der Waals surface area contributed by atoms with Gasteiger partial charge in [-0.1, -0.05) is 6.92 Å². The van der Waals surface area contributed by atoms with Crippen molar-refractivity contribution >= 4 is 0 Å². The molecule has 1 N–H and O–H groups in total. The Morgan fingerprint density at radius 2 is 2.05 bits per heavy atom. The summed E-state index contributed by atoms with van der Waals surface area (Å²) >= 11 is 0. The van der Waals surface area contributed by atoms with Crippen molar-refractivity contribution in [1.82, 2.24) is 15.1 Å². The Kier molecular flexibility index (Phi) is 6.69. The monoisotopic (exact) mass is 281 g/mol. The fraction of sp³-hybridized carbons (Fsp3) is 0.812. The molecule has 0 aliphatic heterocycles. The van der Waals surface area contributed by atoms with Crippen LogP contribution in [0.2, 0.25) is 0 Å². The Labute approximate surface area is 123 Å². The van der Waals surface area contributed by atoms with Gasteiger partial charge in [0, 0.05) is 24.7 Å². The summed E-state index contributed by atoms with van der Waals surface area (Å²) in [5.41, 5.74) is 2.29. The number of rotatable bonds is 8. The van der Waals surface area contributed by atoms with E-state index in [4.69, 9.17) is 4.74 Å². The van der Waals surface area contributed by atoms with Gasteiger partial charge in [0.1, 0.15) is 0 Å². The largest absolute Gasteiger partial charge is 0.374 e. The van der Waals surface area contributed by atoms with Gasteiger partial charge >= 0.3 is 0 Å². The van der Waals surface area contributed by atoms with Gasteiger partial charge in [0.05, 0.1) is 17.9 Å². The van der Waals surface area contributed by atoms with Crippen molar-refractivity contribution in [1.29, 1.82) is 0 Å².